The van der Waals surface area contributed by atoms with Gasteiger partial charge in [0.2, 0.25) is 15.9 Å². The lowest BCUT2D eigenvalue weighted by Gasteiger charge is -2.20. The number of carbonyl (C=O) groups is 1. The molecule has 2 rings (SSSR count). The molecule has 2 aromatic carbocycles. The summed E-state index contributed by atoms with van der Waals surface area (Å²) in [5.41, 5.74) is 3.58. The van der Waals surface area contributed by atoms with Gasteiger partial charge in [0.1, 0.15) is 4.90 Å². The molecule has 0 aliphatic heterocycles. The van der Waals surface area contributed by atoms with Crippen LogP contribution in [0.25, 0.3) is 0 Å². The van der Waals surface area contributed by atoms with Crippen molar-refractivity contribution < 1.29 is 13.2 Å². The number of nitrogens with one attached hydrogen (secondary N) is 1. The molecule has 0 unspecified atom stereocenters. The summed E-state index contributed by atoms with van der Waals surface area (Å²) >= 11 is 15.3. The van der Waals surface area contributed by atoms with Crippen molar-refractivity contribution in [3.05, 3.63) is 55.5 Å². The molecule has 146 valence electrons. The summed E-state index contributed by atoms with van der Waals surface area (Å²) in [5.74, 6) is -0.458. The van der Waals surface area contributed by atoms with Gasteiger partial charge >= 0.3 is 0 Å². The maximum absolute atomic E-state index is 12.8. The van der Waals surface area contributed by atoms with E-state index in [1.165, 1.54) is 19.2 Å². The number of hydrogen-bond acceptors (Lipinski definition) is 3. The molecule has 0 bridgehead atoms. The molecule has 0 heterocycles. The third-order valence-corrected chi connectivity index (χ3v) is 7.12. The van der Waals surface area contributed by atoms with Crippen LogP contribution in [0.2, 0.25) is 10.0 Å². The SMILES string of the molecule is Cc1cc(C)c(NC(=O)CN(C)S(=O)(=O)c2c(Cl)cc(Br)cc2Cl)c(C)c1. The van der Waals surface area contributed by atoms with Crippen LogP contribution in [-0.4, -0.2) is 32.2 Å². The molecule has 0 aliphatic rings. The van der Waals surface area contributed by atoms with Gasteiger partial charge in [-0.25, -0.2) is 8.42 Å². The molecule has 0 spiro atoms. The molecular formula is C18H19BrCl2N2O3S. The highest BCUT2D eigenvalue weighted by atomic mass is 79.9. The van der Waals surface area contributed by atoms with Crippen molar-refractivity contribution in [1.29, 1.82) is 0 Å². The van der Waals surface area contributed by atoms with E-state index in [2.05, 4.69) is 21.2 Å². The minimum atomic E-state index is -4.04. The number of carbonyl (C=O) groups excluding carboxylic acids is 1. The van der Waals surface area contributed by atoms with Crippen LogP contribution in [-0.2, 0) is 14.8 Å². The Hall–Kier alpha value is -1.12. The van der Waals surface area contributed by atoms with Gasteiger partial charge in [-0.2, -0.15) is 4.31 Å². The van der Waals surface area contributed by atoms with Gasteiger partial charge in [-0.1, -0.05) is 56.8 Å². The standard InChI is InChI=1S/C18H19BrCl2N2O3S/c1-10-5-11(2)17(12(3)6-10)22-16(24)9-23(4)27(25,26)18-14(20)7-13(19)8-15(18)21/h5-8H,9H2,1-4H3,(H,22,24). The van der Waals surface area contributed by atoms with Crippen molar-refractivity contribution in [3.8, 4) is 0 Å². The maximum Gasteiger partial charge on any atom is 0.246 e. The quantitative estimate of drug-likeness (QED) is 0.641. The molecule has 1 amide bonds. The fourth-order valence-electron chi connectivity index (χ4n) is 2.77. The van der Waals surface area contributed by atoms with Crippen molar-refractivity contribution >= 4 is 60.7 Å². The van der Waals surface area contributed by atoms with E-state index in [4.69, 9.17) is 23.2 Å². The number of sulfonamides is 1. The highest BCUT2D eigenvalue weighted by molar-refractivity contribution is 9.10. The van der Waals surface area contributed by atoms with Gasteiger partial charge in [0.05, 0.1) is 16.6 Å². The maximum atomic E-state index is 12.8. The van der Waals surface area contributed by atoms with E-state index in [0.29, 0.717) is 10.2 Å². The predicted octanol–water partition coefficient (Wildman–Crippen LogP) is 4.94. The normalized spacial score (nSPS) is 11.7. The third kappa shape index (κ3) is 5.03. The van der Waals surface area contributed by atoms with E-state index in [-0.39, 0.29) is 21.5 Å². The number of anilines is 1. The van der Waals surface area contributed by atoms with Gasteiger partial charge in [-0.15, -0.1) is 0 Å². The smallest absolute Gasteiger partial charge is 0.246 e. The van der Waals surface area contributed by atoms with Crippen molar-refractivity contribution in [2.75, 3.05) is 18.9 Å². The number of hydrogen-bond donors (Lipinski definition) is 1. The minimum Gasteiger partial charge on any atom is -0.324 e. The third-order valence-electron chi connectivity index (χ3n) is 3.94. The largest absolute Gasteiger partial charge is 0.324 e. The fraction of sp³-hybridized carbons (Fsp3) is 0.278. The van der Waals surface area contributed by atoms with Crippen LogP contribution >= 0.6 is 39.1 Å². The second kappa shape index (κ2) is 8.49. The lowest BCUT2D eigenvalue weighted by atomic mass is 10.1. The Kier molecular flexibility index (Phi) is 6.97. The number of halogens is 3. The van der Waals surface area contributed by atoms with E-state index >= 15 is 0 Å². The number of benzene rings is 2. The molecule has 5 nitrogen and oxygen atoms in total. The molecule has 2 aromatic rings. The highest BCUT2D eigenvalue weighted by Gasteiger charge is 2.28. The van der Waals surface area contributed by atoms with Crippen LogP contribution in [0.3, 0.4) is 0 Å². The molecule has 0 radical (unpaired) electrons. The van der Waals surface area contributed by atoms with E-state index in [1.54, 1.807) is 0 Å². The average molecular weight is 494 g/mol. The summed E-state index contributed by atoms with van der Waals surface area (Å²) in [6.45, 7) is 5.37. The van der Waals surface area contributed by atoms with Crippen LogP contribution in [0.4, 0.5) is 5.69 Å². The first-order chi connectivity index (χ1) is 12.4. The molecule has 9 heteroatoms. The zero-order chi connectivity index (χ0) is 20.5. The zero-order valence-corrected chi connectivity index (χ0v) is 19.1. The van der Waals surface area contributed by atoms with Gasteiger partial charge in [-0.05, 0) is 44.0 Å². The number of likely N-dealkylation sites (N-methyl/N-ethyl adjacent to an activating group) is 1. The number of rotatable bonds is 5. The summed E-state index contributed by atoms with van der Waals surface area (Å²) in [4.78, 5) is 12.2. The average Bonchev–Trinajstić information content (AvgIpc) is 2.49. The molecule has 0 aromatic heterocycles. The van der Waals surface area contributed by atoms with Gasteiger partial charge in [0.15, 0.2) is 0 Å². The van der Waals surface area contributed by atoms with Crippen LogP contribution in [0.5, 0.6) is 0 Å². The summed E-state index contributed by atoms with van der Waals surface area (Å²) in [7, 11) is -2.74. The van der Waals surface area contributed by atoms with E-state index in [9.17, 15) is 13.2 Å². The lowest BCUT2D eigenvalue weighted by molar-refractivity contribution is -0.116. The Morgan fingerprint density at radius 3 is 2.04 bits per heavy atom. The van der Waals surface area contributed by atoms with Gasteiger partial charge in [0, 0.05) is 17.2 Å². The van der Waals surface area contributed by atoms with Gasteiger partial charge in [0.25, 0.3) is 0 Å². The Bertz CT molecular complexity index is 964. The van der Waals surface area contributed by atoms with Crippen LogP contribution in [0, 0.1) is 20.8 Å². The van der Waals surface area contributed by atoms with E-state index < -0.39 is 15.9 Å². The number of nitrogens with zero attached hydrogens (tertiary/aromatic N) is 1. The lowest BCUT2D eigenvalue weighted by Crippen LogP contribution is -2.35. The van der Waals surface area contributed by atoms with Crippen molar-refractivity contribution in [1.82, 2.24) is 4.31 Å². The van der Waals surface area contributed by atoms with Gasteiger partial charge < -0.3 is 5.32 Å². The zero-order valence-electron chi connectivity index (χ0n) is 15.2. The second-order valence-corrected chi connectivity index (χ2v) is 9.99. The molecule has 0 saturated heterocycles. The first-order valence-electron chi connectivity index (χ1n) is 7.92. The summed E-state index contributed by atoms with van der Waals surface area (Å²) < 4.78 is 27.1. The van der Waals surface area contributed by atoms with Crippen LogP contribution in [0.15, 0.2) is 33.6 Å². The first kappa shape index (κ1) is 22.2. The van der Waals surface area contributed by atoms with Crippen molar-refractivity contribution in [3.63, 3.8) is 0 Å². The van der Waals surface area contributed by atoms with Gasteiger partial charge in [-0.3, -0.25) is 4.79 Å². The Morgan fingerprint density at radius 2 is 1.56 bits per heavy atom. The Morgan fingerprint density at radius 1 is 1.07 bits per heavy atom. The molecular weight excluding hydrogens is 475 g/mol. The summed E-state index contributed by atoms with van der Waals surface area (Å²) in [6, 6.07) is 6.77. The van der Waals surface area contributed by atoms with Crippen molar-refractivity contribution in [2.24, 2.45) is 0 Å². The fourth-order valence-corrected chi connectivity index (χ4v) is 5.78. The monoisotopic (exact) mass is 492 g/mol. The number of aryl methyl sites for hydroxylation is 3. The molecule has 0 aliphatic carbocycles. The predicted molar refractivity (Wildman–Crippen MR) is 113 cm³/mol. The van der Waals surface area contributed by atoms with E-state index in [0.717, 1.165) is 21.0 Å². The summed E-state index contributed by atoms with van der Waals surface area (Å²) in [5, 5.41) is 2.74. The topological polar surface area (TPSA) is 66.5 Å². The van der Waals surface area contributed by atoms with Crippen molar-refractivity contribution in [2.45, 2.75) is 25.7 Å². The Balaban J connectivity index is 2.24. The van der Waals surface area contributed by atoms with E-state index in [1.807, 2.05) is 32.9 Å². The number of amides is 1. The Labute approximate surface area is 177 Å². The second-order valence-electron chi connectivity index (χ2n) is 6.28. The minimum absolute atomic E-state index is 0.0214. The molecule has 0 fully saturated rings. The molecule has 0 atom stereocenters. The first-order valence-corrected chi connectivity index (χ1v) is 10.9. The highest BCUT2D eigenvalue weighted by Crippen LogP contribution is 2.34. The molecule has 0 saturated carbocycles. The van der Waals surface area contributed by atoms with Crippen LogP contribution in [0.1, 0.15) is 16.7 Å². The molecule has 1 N–H and O–H groups in total. The summed E-state index contributed by atoms with van der Waals surface area (Å²) in [6.07, 6.45) is 0. The molecule has 27 heavy (non-hydrogen) atoms. The van der Waals surface area contributed by atoms with Crippen LogP contribution < -0.4 is 5.32 Å².